The van der Waals surface area contributed by atoms with Gasteiger partial charge >= 0.3 is 0 Å². The van der Waals surface area contributed by atoms with Gasteiger partial charge in [0, 0.05) is 11.3 Å². The Bertz CT molecular complexity index is 699. The summed E-state index contributed by atoms with van der Waals surface area (Å²) in [5.74, 6) is 1.36. The summed E-state index contributed by atoms with van der Waals surface area (Å²) in [7, 11) is 1.51. The number of aromatic hydroxyl groups is 1. The second-order valence-corrected chi connectivity index (χ2v) is 5.87. The monoisotopic (exact) mass is 305 g/mol. The molecule has 0 spiro atoms. The zero-order chi connectivity index (χ0) is 15.0. The number of aryl methyl sites for hydroxylation is 1. The van der Waals surface area contributed by atoms with Crippen LogP contribution in [0.4, 0.5) is 5.82 Å². The van der Waals surface area contributed by atoms with Crippen molar-refractivity contribution in [2.75, 3.05) is 18.2 Å². The minimum absolute atomic E-state index is 0.0489. The van der Waals surface area contributed by atoms with Gasteiger partial charge in [-0.05, 0) is 24.6 Å². The highest BCUT2D eigenvalue weighted by molar-refractivity contribution is 8.00. The number of anilines is 1. The lowest BCUT2D eigenvalue weighted by atomic mass is 10.0. The molecule has 1 aromatic carbocycles. The maximum absolute atomic E-state index is 11.8. The number of aromatic amines is 1. The molecule has 1 aromatic heterocycles. The first-order valence-electron chi connectivity index (χ1n) is 6.43. The summed E-state index contributed by atoms with van der Waals surface area (Å²) in [5, 5.41) is 19.5. The lowest BCUT2D eigenvalue weighted by Crippen LogP contribution is -2.12. The number of aromatic nitrogens is 2. The summed E-state index contributed by atoms with van der Waals surface area (Å²) in [4.78, 5) is 11.8. The molecule has 0 saturated heterocycles. The number of fused-ring (bicyclic) bond motifs is 1. The molecule has 2 aromatic rings. The molecule has 0 radical (unpaired) electrons. The highest BCUT2D eigenvalue weighted by Crippen LogP contribution is 2.43. The molecule has 3 rings (SSSR count). The Labute approximate surface area is 125 Å². The van der Waals surface area contributed by atoms with Crippen LogP contribution in [0.2, 0.25) is 0 Å². The minimum atomic E-state index is -0.0685. The van der Waals surface area contributed by atoms with Crippen molar-refractivity contribution in [1.82, 2.24) is 10.2 Å². The molecule has 0 aliphatic carbocycles. The number of hydrogen-bond donors (Lipinski definition) is 3. The van der Waals surface area contributed by atoms with E-state index in [0.717, 1.165) is 16.8 Å². The zero-order valence-electron chi connectivity index (χ0n) is 11.6. The van der Waals surface area contributed by atoms with E-state index in [1.807, 2.05) is 13.0 Å². The second kappa shape index (κ2) is 5.33. The molecule has 3 N–H and O–H groups in total. The average molecular weight is 305 g/mol. The summed E-state index contributed by atoms with van der Waals surface area (Å²) in [6.45, 7) is 1.93. The van der Waals surface area contributed by atoms with E-state index in [2.05, 4.69) is 15.5 Å². The van der Waals surface area contributed by atoms with E-state index in [-0.39, 0.29) is 16.9 Å². The van der Waals surface area contributed by atoms with E-state index >= 15 is 0 Å². The molecule has 2 heterocycles. The average Bonchev–Trinajstić information content (AvgIpc) is 2.73. The Hall–Kier alpha value is -2.15. The topological polar surface area (TPSA) is 87.2 Å². The molecule has 1 aliphatic heterocycles. The first kappa shape index (κ1) is 13.8. The Kier molecular flexibility index (Phi) is 3.50. The van der Waals surface area contributed by atoms with Crippen molar-refractivity contribution in [2.24, 2.45) is 0 Å². The van der Waals surface area contributed by atoms with Crippen LogP contribution in [0.5, 0.6) is 11.5 Å². The van der Waals surface area contributed by atoms with E-state index in [1.54, 1.807) is 12.1 Å². The van der Waals surface area contributed by atoms with Gasteiger partial charge in [-0.15, -0.1) is 11.8 Å². The second-order valence-electron chi connectivity index (χ2n) is 4.78. The van der Waals surface area contributed by atoms with E-state index in [0.29, 0.717) is 17.3 Å². The number of ether oxygens (including phenoxy) is 1. The van der Waals surface area contributed by atoms with Gasteiger partial charge < -0.3 is 15.2 Å². The quantitative estimate of drug-likeness (QED) is 0.792. The molecule has 0 fully saturated rings. The van der Waals surface area contributed by atoms with Crippen molar-refractivity contribution in [2.45, 2.75) is 12.2 Å². The number of nitrogens with zero attached hydrogens (tertiary/aromatic N) is 1. The molecule has 1 aliphatic rings. The van der Waals surface area contributed by atoms with Crippen LogP contribution in [0.25, 0.3) is 0 Å². The number of nitrogens with one attached hydrogen (secondary N) is 2. The molecular weight excluding hydrogens is 290 g/mol. The predicted molar refractivity (Wildman–Crippen MR) is 80.9 cm³/mol. The maximum atomic E-state index is 11.8. The van der Waals surface area contributed by atoms with Crippen LogP contribution in [-0.4, -0.2) is 34.1 Å². The summed E-state index contributed by atoms with van der Waals surface area (Å²) in [6.07, 6.45) is 0. The summed E-state index contributed by atoms with van der Waals surface area (Å²) < 4.78 is 5.16. The molecule has 1 amide bonds. The molecule has 21 heavy (non-hydrogen) atoms. The SMILES string of the molecule is COc1cc([C@H]2SCC(=O)Nc3n[nH]c(C)c32)ccc1O. The number of rotatable bonds is 2. The first-order chi connectivity index (χ1) is 10.1. The summed E-state index contributed by atoms with van der Waals surface area (Å²) in [5.41, 5.74) is 2.83. The molecule has 7 heteroatoms. The molecule has 1 atom stereocenters. The van der Waals surface area contributed by atoms with Crippen LogP contribution in [0, 0.1) is 6.92 Å². The van der Waals surface area contributed by atoms with E-state index in [9.17, 15) is 9.90 Å². The fraction of sp³-hybridized carbons (Fsp3) is 0.286. The highest BCUT2D eigenvalue weighted by atomic mass is 32.2. The van der Waals surface area contributed by atoms with Gasteiger partial charge in [-0.2, -0.15) is 5.10 Å². The van der Waals surface area contributed by atoms with Gasteiger partial charge in [0.05, 0.1) is 18.1 Å². The van der Waals surface area contributed by atoms with Crippen molar-refractivity contribution in [3.8, 4) is 11.5 Å². The fourth-order valence-electron chi connectivity index (χ4n) is 2.38. The first-order valence-corrected chi connectivity index (χ1v) is 7.48. The third-order valence-electron chi connectivity index (χ3n) is 3.40. The Balaban J connectivity index is 2.09. The van der Waals surface area contributed by atoms with Crippen LogP contribution in [-0.2, 0) is 4.79 Å². The maximum Gasteiger partial charge on any atom is 0.235 e. The van der Waals surface area contributed by atoms with Gasteiger partial charge in [-0.25, -0.2) is 0 Å². The molecule has 6 nitrogen and oxygen atoms in total. The van der Waals surface area contributed by atoms with Crippen molar-refractivity contribution < 1.29 is 14.6 Å². The zero-order valence-corrected chi connectivity index (χ0v) is 12.5. The number of methoxy groups -OCH3 is 1. The number of phenols is 1. The van der Waals surface area contributed by atoms with Gasteiger partial charge in [0.2, 0.25) is 5.91 Å². The number of carbonyl (C=O) groups excluding carboxylic acids is 1. The van der Waals surface area contributed by atoms with Crippen molar-refractivity contribution in [3.63, 3.8) is 0 Å². The van der Waals surface area contributed by atoms with E-state index < -0.39 is 0 Å². The number of carbonyl (C=O) groups is 1. The molecular formula is C14H15N3O3S. The smallest absolute Gasteiger partial charge is 0.235 e. The Morgan fingerprint density at radius 1 is 1.48 bits per heavy atom. The third kappa shape index (κ3) is 2.44. The number of benzene rings is 1. The third-order valence-corrected chi connectivity index (χ3v) is 4.67. The predicted octanol–water partition coefficient (Wildman–Crippen LogP) is 2.21. The van der Waals surface area contributed by atoms with Crippen molar-refractivity contribution in [1.29, 1.82) is 0 Å². The number of thioether (sulfide) groups is 1. The van der Waals surface area contributed by atoms with Gasteiger partial charge in [0.15, 0.2) is 17.3 Å². The molecule has 0 saturated carbocycles. The summed E-state index contributed by atoms with van der Waals surface area (Å²) >= 11 is 1.52. The lowest BCUT2D eigenvalue weighted by Gasteiger charge is -2.16. The Morgan fingerprint density at radius 2 is 2.29 bits per heavy atom. The summed E-state index contributed by atoms with van der Waals surface area (Å²) in [6, 6.07) is 5.23. The van der Waals surface area contributed by atoms with Gasteiger partial charge in [0.1, 0.15) is 0 Å². The lowest BCUT2D eigenvalue weighted by molar-refractivity contribution is -0.113. The van der Waals surface area contributed by atoms with Gasteiger partial charge in [-0.3, -0.25) is 9.89 Å². The van der Waals surface area contributed by atoms with Crippen LogP contribution >= 0.6 is 11.8 Å². The number of amides is 1. The molecule has 110 valence electrons. The number of phenolic OH excluding ortho intramolecular Hbond substituents is 1. The van der Waals surface area contributed by atoms with Crippen LogP contribution in [0.1, 0.15) is 22.1 Å². The molecule has 0 bridgehead atoms. The number of H-pyrrole nitrogens is 1. The van der Waals surface area contributed by atoms with E-state index in [1.165, 1.54) is 18.9 Å². The van der Waals surface area contributed by atoms with Crippen molar-refractivity contribution >= 4 is 23.5 Å². The Morgan fingerprint density at radius 3 is 3.05 bits per heavy atom. The van der Waals surface area contributed by atoms with Crippen LogP contribution in [0.3, 0.4) is 0 Å². The normalized spacial score (nSPS) is 17.8. The molecule has 0 unspecified atom stereocenters. The minimum Gasteiger partial charge on any atom is -0.504 e. The van der Waals surface area contributed by atoms with Gasteiger partial charge in [-0.1, -0.05) is 6.07 Å². The largest absolute Gasteiger partial charge is 0.504 e. The van der Waals surface area contributed by atoms with Crippen molar-refractivity contribution in [3.05, 3.63) is 35.0 Å². The highest BCUT2D eigenvalue weighted by Gasteiger charge is 2.28. The van der Waals surface area contributed by atoms with Crippen LogP contribution < -0.4 is 10.1 Å². The van der Waals surface area contributed by atoms with Gasteiger partial charge in [0.25, 0.3) is 0 Å². The number of hydrogen-bond acceptors (Lipinski definition) is 5. The van der Waals surface area contributed by atoms with E-state index in [4.69, 9.17) is 4.74 Å². The van der Waals surface area contributed by atoms with Crippen LogP contribution in [0.15, 0.2) is 18.2 Å². The fourth-order valence-corrected chi connectivity index (χ4v) is 3.57. The standard InChI is InChI=1S/C14H15N3O3S/c1-7-12-13(8-3-4-9(18)10(5-8)20-2)21-6-11(19)15-14(12)17-16-7/h3-5,13,18H,6H2,1-2H3,(H2,15,16,17,19)/t13-/m1/s1.